The topological polar surface area (TPSA) is 55.1 Å². The maximum atomic E-state index is 12.1. The van der Waals surface area contributed by atoms with Gasteiger partial charge in [-0.25, -0.2) is 0 Å². The summed E-state index contributed by atoms with van der Waals surface area (Å²) in [6, 6.07) is 5.54. The normalized spacial score (nSPS) is 12.2. The van der Waals surface area contributed by atoms with Crippen LogP contribution in [0.15, 0.2) is 22.7 Å². The number of amides is 1. The lowest BCUT2D eigenvalue weighted by Gasteiger charge is -2.15. The molecule has 0 saturated heterocycles. The summed E-state index contributed by atoms with van der Waals surface area (Å²) in [5, 5.41) is 3.02. The molecule has 0 aromatic heterocycles. The van der Waals surface area contributed by atoms with Crippen LogP contribution < -0.4 is 11.1 Å². The van der Waals surface area contributed by atoms with Crippen molar-refractivity contribution in [2.45, 2.75) is 52.0 Å². The molecular formula is C15H23BrN2O. The van der Waals surface area contributed by atoms with Crippen molar-refractivity contribution in [3.63, 3.8) is 0 Å². The first kappa shape index (κ1) is 16.0. The summed E-state index contributed by atoms with van der Waals surface area (Å²) in [6.07, 6.45) is 5.91. The van der Waals surface area contributed by atoms with Crippen LogP contribution in [-0.4, -0.2) is 11.9 Å². The molecular weight excluding hydrogens is 304 g/mol. The molecule has 0 fully saturated rings. The minimum absolute atomic E-state index is 0.0674. The Kier molecular flexibility index (Phi) is 6.92. The maximum Gasteiger partial charge on any atom is 0.252 e. The third kappa shape index (κ3) is 5.23. The molecule has 4 heteroatoms. The van der Waals surface area contributed by atoms with E-state index in [1.54, 1.807) is 18.2 Å². The Bertz CT molecular complexity index is 421. The average molecular weight is 327 g/mol. The van der Waals surface area contributed by atoms with Gasteiger partial charge in [0.1, 0.15) is 0 Å². The molecule has 0 bridgehead atoms. The number of rotatable bonds is 7. The van der Waals surface area contributed by atoms with Crippen LogP contribution in [0.2, 0.25) is 0 Å². The second-order valence-electron chi connectivity index (χ2n) is 4.93. The van der Waals surface area contributed by atoms with Gasteiger partial charge in [-0.15, -0.1) is 0 Å². The first-order valence-corrected chi connectivity index (χ1v) is 7.70. The minimum Gasteiger partial charge on any atom is -0.398 e. The Hall–Kier alpha value is -1.03. The highest BCUT2D eigenvalue weighted by Crippen LogP contribution is 2.23. The number of carbonyl (C=O) groups excluding carboxylic acids is 1. The third-order valence-electron chi connectivity index (χ3n) is 3.14. The quantitative estimate of drug-likeness (QED) is 0.585. The largest absolute Gasteiger partial charge is 0.398 e. The highest BCUT2D eigenvalue weighted by atomic mass is 79.9. The Morgan fingerprint density at radius 3 is 2.79 bits per heavy atom. The number of halogens is 1. The average Bonchev–Trinajstić information content (AvgIpc) is 2.38. The predicted molar refractivity (Wildman–Crippen MR) is 84.2 cm³/mol. The number of carbonyl (C=O) groups is 1. The van der Waals surface area contributed by atoms with Crippen LogP contribution in [0.5, 0.6) is 0 Å². The number of anilines is 1. The van der Waals surface area contributed by atoms with Crippen molar-refractivity contribution in [1.29, 1.82) is 0 Å². The van der Waals surface area contributed by atoms with Crippen LogP contribution in [0.25, 0.3) is 0 Å². The number of hydrogen-bond acceptors (Lipinski definition) is 2. The molecule has 0 saturated carbocycles. The summed E-state index contributed by atoms with van der Waals surface area (Å²) in [7, 11) is 0. The molecule has 0 aliphatic carbocycles. The number of unbranched alkanes of at least 4 members (excludes halogenated alkanes) is 3. The zero-order valence-electron chi connectivity index (χ0n) is 11.7. The highest BCUT2D eigenvalue weighted by molar-refractivity contribution is 9.10. The van der Waals surface area contributed by atoms with Crippen LogP contribution in [-0.2, 0) is 0 Å². The minimum atomic E-state index is -0.0674. The molecule has 0 spiro atoms. The van der Waals surface area contributed by atoms with Crippen molar-refractivity contribution < 1.29 is 4.79 Å². The van der Waals surface area contributed by atoms with Gasteiger partial charge in [0.05, 0.1) is 10.0 Å². The first-order valence-electron chi connectivity index (χ1n) is 6.91. The van der Waals surface area contributed by atoms with Gasteiger partial charge in [-0.2, -0.15) is 0 Å². The summed E-state index contributed by atoms with van der Waals surface area (Å²) in [5.41, 5.74) is 6.96. The summed E-state index contributed by atoms with van der Waals surface area (Å²) in [4.78, 5) is 12.1. The molecule has 19 heavy (non-hydrogen) atoms. The van der Waals surface area contributed by atoms with Crippen LogP contribution in [0.4, 0.5) is 5.69 Å². The SMILES string of the molecule is CCCCCCC(C)NC(=O)c1cccc(N)c1Br. The third-order valence-corrected chi connectivity index (χ3v) is 4.03. The Morgan fingerprint density at radius 1 is 1.37 bits per heavy atom. The molecule has 1 aromatic carbocycles. The van der Waals surface area contributed by atoms with Crippen molar-refractivity contribution in [1.82, 2.24) is 5.32 Å². The maximum absolute atomic E-state index is 12.1. The monoisotopic (exact) mass is 326 g/mol. The van der Waals surface area contributed by atoms with Gasteiger partial charge in [-0.1, -0.05) is 38.7 Å². The van der Waals surface area contributed by atoms with Crippen LogP contribution >= 0.6 is 15.9 Å². The predicted octanol–water partition coefficient (Wildman–Crippen LogP) is 4.12. The van der Waals surface area contributed by atoms with Gasteiger partial charge in [-0.05, 0) is 41.4 Å². The van der Waals surface area contributed by atoms with Gasteiger partial charge in [-0.3, -0.25) is 4.79 Å². The molecule has 0 heterocycles. The number of nitrogen functional groups attached to an aromatic ring is 1. The van der Waals surface area contributed by atoms with E-state index in [9.17, 15) is 4.79 Å². The fraction of sp³-hybridized carbons (Fsp3) is 0.533. The first-order chi connectivity index (χ1) is 9.06. The van der Waals surface area contributed by atoms with E-state index in [1.807, 2.05) is 6.92 Å². The van der Waals surface area contributed by atoms with Crippen molar-refractivity contribution in [3.8, 4) is 0 Å². The van der Waals surface area contributed by atoms with E-state index in [4.69, 9.17) is 5.73 Å². The van der Waals surface area contributed by atoms with Gasteiger partial charge in [0.2, 0.25) is 0 Å². The van der Waals surface area contributed by atoms with Gasteiger partial charge in [0.25, 0.3) is 5.91 Å². The fourth-order valence-electron chi connectivity index (χ4n) is 1.98. The molecule has 0 radical (unpaired) electrons. The van der Waals surface area contributed by atoms with E-state index >= 15 is 0 Å². The van der Waals surface area contributed by atoms with E-state index < -0.39 is 0 Å². The summed E-state index contributed by atoms with van der Waals surface area (Å²) < 4.78 is 0.672. The fourth-order valence-corrected chi connectivity index (χ4v) is 2.42. The second kappa shape index (κ2) is 8.20. The highest BCUT2D eigenvalue weighted by Gasteiger charge is 2.13. The number of benzene rings is 1. The molecule has 1 aromatic rings. The van der Waals surface area contributed by atoms with Crippen molar-refractivity contribution >= 4 is 27.5 Å². The Balaban J connectivity index is 2.48. The van der Waals surface area contributed by atoms with E-state index in [0.717, 1.165) is 12.8 Å². The smallest absolute Gasteiger partial charge is 0.252 e. The molecule has 1 atom stereocenters. The lowest BCUT2D eigenvalue weighted by Crippen LogP contribution is -2.32. The summed E-state index contributed by atoms with van der Waals surface area (Å²) in [6.45, 7) is 4.24. The van der Waals surface area contributed by atoms with Gasteiger partial charge < -0.3 is 11.1 Å². The van der Waals surface area contributed by atoms with Crippen molar-refractivity contribution in [2.24, 2.45) is 0 Å². The zero-order valence-corrected chi connectivity index (χ0v) is 13.3. The molecule has 1 amide bonds. The number of hydrogen-bond donors (Lipinski definition) is 2. The molecule has 3 nitrogen and oxygen atoms in total. The van der Waals surface area contributed by atoms with E-state index in [1.165, 1.54) is 19.3 Å². The summed E-state index contributed by atoms with van der Waals surface area (Å²) >= 11 is 3.36. The molecule has 1 unspecified atom stereocenters. The van der Waals surface area contributed by atoms with Gasteiger partial charge in [0, 0.05) is 11.7 Å². The standard InChI is InChI=1S/C15H23BrN2O/c1-3-4-5-6-8-11(2)18-15(19)12-9-7-10-13(17)14(12)16/h7,9-11H,3-6,8,17H2,1-2H3,(H,18,19). The van der Waals surface area contributed by atoms with Gasteiger partial charge >= 0.3 is 0 Å². The Labute approximate surface area is 124 Å². The molecule has 106 valence electrons. The Morgan fingerprint density at radius 2 is 2.11 bits per heavy atom. The zero-order chi connectivity index (χ0) is 14.3. The molecule has 1 rings (SSSR count). The summed E-state index contributed by atoms with van der Waals surface area (Å²) in [5.74, 6) is -0.0674. The van der Waals surface area contributed by atoms with E-state index in [0.29, 0.717) is 15.7 Å². The molecule has 0 aliphatic heterocycles. The van der Waals surface area contributed by atoms with E-state index in [2.05, 4.69) is 28.2 Å². The van der Waals surface area contributed by atoms with Crippen LogP contribution in [0.3, 0.4) is 0 Å². The van der Waals surface area contributed by atoms with Crippen LogP contribution in [0, 0.1) is 0 Å². The molecule has 3 N–H and O–H groups in total. The van der Waals surface area contributed by atoms with E-state index in [-0.39, 0.29) is 11.9 Å². The van der Waals surface area contributed by atoms with Gasteiger partial charge in [0.15, 0.2) is 0 Å². The second-order valence-corrected chi connectivity index (χ2v) is 5.73. The lowest BCUT2D eigenvalue weighted by molar-refractivity contribution is 0.0937. The number of nitrogens with one attached hydrogen (secondary N) is 1. The lowest BCUT2D eigenvalue weighted by atomic mass is 10.1. The molecule has 0 aliphatic rings. The van der Waals surface area contributed by atoms with Crippen molar-refractivity contribution in [3.05, 3.63) is 28.2 Å². The number of nitrogens with two attached hydrogens (primary N) is 1. The van der Waals surface area contributed by atoms with Crippen LogP contribution in [0.1, 0.15) is 56.3 Å². The van der Waals surface area contributed by atoms with Crippen molar-refractivity contribution in [2.75, 3.05) is 5.73 Å².